The quantitative estimate of drug-likeness (QED) is 0.495. The van der Waals surface area contributed by atoms with E-state index < -0.39 is 0 Å². The Morgan fingerprint density at radius 1 is 1.26 bits per heavy atom. The molecule has 0 saturated carbocycles. The van der Waals surface area contributed by atoms with Gasteiger partial charge in [0, 0.05) is 19.7 Å². The van der Waals surface area contributed by atoms with Gasteiger partial charge in [0.1, 0.15) is 12.4 Å². The number of aromatic nitrogens is 3. The highest BCUT2D eigenvalue weighted by atomic mass is 16.5. The molecule has 0 saturated heterocycles. The van der Waals surface area contributed by atoms with Gasteiger partial charge in [-0.05, 0) is 18.9 Å². The molecule has 3 rings (SSSR count). The lowest BCUT2D eigenvalue weighted by atomic mass is 10.2. The van der Waals surface area contributed by atoms with Crippen LogP contribution in [0.3, 0.4) is 0 Å². The van der Waals surface area contributed by atoms with E-state index in [1.807, 2.05) is 49.3 Å². The van der Waals surface area contributed by atoms with Crippen LogP contribution in [0.25, 0.3) is 11.3 Å². The predicted molar refractivity (Wildman–Crippen MR) is 106 cm³/mol. The maximum absolute atomic E-state index is 5.31. The lowest BCUT2D eigenvalue weighted by Crippen LogP contribution is -2.38. The smallest absolute Gasteiger partial charge is 0.194 e. The first-order chi connectivity index (χ1) is 13.2. The van der Waals surface area contributed by atoms with Crippen molar-refractivity contribution in [3.8, 4) is 11.3 Å². The van der Waals surface area contributed by atoms with Crippen molar-refractivity contribution in [1.29, 1.82) is 0 Å². The summed E-state index contributed by atoms with van der Waals surface area (Å²) in [5, 5.41) is 7.31. The molecule has 2 aromatic heterocycles. The van der Waals surface area contributed by atoms with E-state index in [1.54, 1.807) is 0 Å². The van der Waals surface area contributed by atoms with Crippen molar-refractivity contribution in [3.05, 3.63) is 59.9 Å². The zero-order chi connectivity index (χ0) is 19.1. The predicted octanol–water partition coefficient (Wildman–Crippen LogP) is 3.22. The van der Waals surface area contributed by atoms with Gasteiger partial charge >= 0.3 is 0 Å². The molecule has 0 radical (unpaired) electrons. The number of nitrogens with zero attached hydrogens (tertiary/aromatic N) is 4. The van der Waals surface area contributed by atoms with Crippen LogP contribution in [0.5, 0.6) is 0 Å². The van der Waals surface area contributed by atoms with Crippen LogP contribution < -0.4 is 5.32 Å². The molecule has 2 N–H and O–H groups in total. The summed E-state index contributed by atoms with van der Waals surface area (Å²) in [6.07, 6.45) is 2.72. The lowest BCUT2D eigenvalue weighted by Gasteiger charge is -2.20. The molecule has 0 spiro atoms. The molecule has 7 heteroatoms. The molecule has 0 fully saturated rings. The summed E-state index contributed by atoms with van der Waals surface area (Å²) in [6, 6.07) is 12.1. The monoisotopic (exact) mass is 366 g/mol. The van der Waals surface area contributed by atoms with Crippen molar-refractivity contribution >= 4 is 5.96 Å². The lowest BCUT2D eigenvalue weighted by molar-refractivity contribution is 0.378. The molecule has 0 atom stereocenters. The SMILES string of the molecule is CCNC(=NCc1cc(CC)no1)N(C)Cc1ncc(-c2ccccc2)[nH]1. The Labute approximate surface area is 159 Å². The van der Waals surface area contributed by atoms with Crippen LogP contribution in [-0.4, -0.2) is 39.6 Å². The van der Waals surface area contributed by atoms with Crippen molar-refractivity contribution in [2.45, 2.75) is 33.4 Å². The second-order valence-corrected chi connectivity index (χ2v) is 6.27. The van der Waals surface area contributed by atoms with Crippen LogP contribution in [0.1, 0.15) is 31.1 Å². The van der Waals surface area contributed by atoms with Crippen molar-refractivity contribution in [2.24, 2.45) is 4.99 Å². The Bertz CT molecular complexity index is 867. The number of aryl methyl sites for hydroxylation is 1. The van der Waals surface area contributed by atoms with E-state index in [9.17, 15) is 0 Å². The third kappa shape index (κ3) is 4.97. The minimum absolute atomic E-state index is 0.451. The van der Waals surface area contributed by atoms with Crippen LogP contribution >= 0.6 is 0 Å². The van der Waals surface area contributed by atoms with E-state index in [0.717, 1.165) is 47.5 Å². The van der Waals surface area contributed by atoms with Gasteiger partial charge in [0.25, 0.3) is 0 Å². The summed E-state index contributed by atoms with van der Waals surface area (Å²) in [6.45, 7) is 5.96. The van der Waals surface area contributed by atoms with Gasteiger partial charge in [0.05, 0.1) is 24.1 Å². The standard InChI is InChI=1S/C20H26N6O/c1-4-16-11-17(27-25-16)12-23-20(21-5-2)26(3)14-19-22-13-18(24-19)15-9-7-6-8-10-15/h6-11,13H,4-5,12,14H2,1-3H3,(H,21,23)(H,22,24). The Morgan fingerprint density at radius 2 is 2.07 bits per heavy atom. The van der Waals surface area contributed by atoms with E-state index >= 15 is 0 Å². The number of nitrogens with one attached hydrogen (secondary N) is 2. The van der Waals surface area contributed by atoms with Gasteiger partial charge in [-0.25, -0.2) is 9.98 Å². The van der Waals surface area contributed by atoms with Crippen LogP contribution in [0.15, 0.2) is 52.1 Å². The number of rotatable bonds is 7. The number of hydrogen-bond donors (Lipinski definition) is 2. The van der Waals surface area contributed by atoms with Crippen molar-refractivity contribution in [2.75, 3.05) is 13.6 Å². The van der Waals surface area contributed by atoms with E-state index in [2.05, 4.69) is 44.5 Å². The van der Waals surface area contributed by atoms with E-state index in [1.165, 1.54) is 0 Å². The number of imidazole rings is 1. The summed E-state index contributed by atoms with van der Waals surface area (Å²) in [5.74, 6) is 2.44. The number of aliphatic imine (C=N–C) groups is 1. The average Bonchev–Trinajstić information content (AvgIpc) is 3.35. The molecule has 0 unspecified atom stereocenters. The summed E-state index contributed by atoms with van der Waals surface area (Å²) in [7, 11) is 1.99. The fourth-order valence-corrected chi connectivity index (χ4v) is 2.73. The van der Waals surface area contributed by atoms with Crippen LogP contribution in [0, 0.1) is 0 Å². The van der Waals surface area contributed by atoms with Gasteiger partial charge in [0.2, 0.25) is 0 Å². The molecule has 7 nitrogen and oxygen atoms in total. The molecule has 1 aromatic carbocycles. The fraction of sp³-hybridized carbons (Fsp3) is 0.350. The van der Waals surface area contributed by atoms with Gasteiger partial charge in [0.15, 0.2) is 11.7 Å². The summed E-state index contributed by atoms with van der Waals surface area (Å²) < 4.78 is 5.31. The molecule has 142 valence electrons. The Balaban J connectivity index is 1.67. The van der Waals surface area contributed by atoms with E-state index in [4.69, 9.17) is 4.52 Å². The molecule has 3 aromatic rings. The third-order valence-corrected chi connectivity index (χ3v) is 4.15. The topological polar surface area (TPSA) is 82.3 Å². The van der Waals surface area contributed by atoms with Crippen molar-refractivity contribution in [1.82, 2.24) is 25.3 Å². The average molecular weight is 366 g/mol. The Kier molecular flexibility index (Phi) is 6.25. The van der Waals surface area contributed by atoms with Crippen LogP contribution in [-0.2, 0) is 19.5 Å². The molecule has 0 aliphatic carbocycles. The number of H-pyrrole nitrogens is 1. The highest BCUT2D eigenvalue weighted by Crippen LogP contribution is 2.16. The number of guanidine groups is 1. The molecule has 0 amide bonds. The molecular weight excluding hydrogens is 340 g/mol. The van der Waals surface area contributed by atoms with E-state index in [-0.39, 0.29) is 0 Å². The minimum Gasteiger partial charge on any atom is -0.359 e. The maximum atomic E-state index is 5.31. The first kappa shape index (κ1) is 18.7. The first-order valence-corrected chi connectivity index (χ1v) is 9.22. The fourth-order valence-electron chi connectivity index (χ4n) is 2.73. The van der Waals surface area contributed by atoms with Gasteiger partial charge < -0.3 is 19.7 Å². The summed E-state index contributed by atoms with van der Waals surface area (Å²) in [4.78, 5) is 14.6. The van der Waals surface area contributed by atoms with Gasteiger partial charge in [-0.2, -0.15) is 0 Å². The summed E-state index contributed by atoms with van der Waals surface area (Å²) in [5.41, 5.74) is 3.08. The van der Waals surface area contributed by atoms with E-state index in [0.29, 0.717) is 13.1 Å². The number of benzene rings is 1. The third-order valence-electron chi connectivity index (χ3n) is 4.15. The number of aromatic amines is 1. The zero-order valence-electron chi connectivity index (χ0n) is 16.1. The maximum Gasteiger partial charge on any atom is 0.194 e. The van der Waals surface area contributed by atoms with Gasteiger partial charge in [-0.1, -0.05) is 42.4 Å². The first-order valence-electron chi connectivity index (χ1n) is 9.22. The largest absolute Gasteiger partial charge is 0.359 e. The van der Waals surface area contributed by atoms with Crippen LogP contribution in [0.2, 0.25) is 0 Å². The highest BCUT2D eigenvalue weighted by molar-refractivity contribution is 5.79. The molecule has 0 aliphatic heterocycles. The second kappa shape index (κ2) is 9.02. The van der Waals surface area contributed by atoms with Gasteiger partial charge in [-0.3, -0.25) is 0 Å². The Hall–Kier alpha value is -3.09. The normalized spacial score (nSPS) is 11.6. The second-order valence-electron chi connectivity index (χ2n) is 6.27. The molecule has 0 bridgehead atoms. The molecular formula is C20H26N6O. The molecule has 0 aliphatic rings. The van der Waals surface area contributed by atoms with Gasteiger partial charge in [-0.15, -0.1) is 0 Å². The van der Waals surface area contributed by atoms with Crippen molar-refractivity contribution < 1.29 is 4.52 Å². The molecule has 27 heavy (non-hydrogen) atoms. The van der Waals surface area contributed by atoms with Crippen molar-refractivity contribution in [3.63, 3.8) is 0 Å². The minimum atomic E-state index is 0.451. The highest BCUT2D eigenvalue weighted by Gasteiger charge is 2.11. The Morgan fingerprint density at radius 3 is 2.78 bits per heavy atom. The number of hydrogen-bond acceptors (Lipinski definition) is 4. The van der Waals surface area contributed by atoms with Crippen LogP contribution in [0.4, 0.5) is 0 Å². The zero-order valence-corrected chi connectivity index (χ0v) is 16.1. The molecule has 2 heterocycles. The summed E-state index contributed by atoms with van der Waals surface area (Å²) >= 11 is 0.